The molecule has 0 aromatic heterocycles. The minimum absolute atomic E-state index is 0.400. The molecule has 1 heterocycles. The van der Waals surface area contributed by atoms with Gasteiger partial charge in [-0.25, -0.2) is 0 Å². The van der Waals surface area contributed by atoms with E-state index in [0.717, 1.165) is 6.54 Å². The Morgan fingerprint density at radius 2 is 2.20 bits per heavy atom. The van der Waals surface area contributed by atoms with E-state index in [0.29, 0.717) is 12.1 Å². The van der Waals surface area contributed by atoms with Crippen LogP contribution in [0.3, 0.4) is 0 Å². The summed E-state index contributed by atoms with van der Waals surface area (Å²) in [5.41, 5.74) is 2.83. The summed E-state index contributed by atoms with van der Waals surface area (Å²) < 4.78 is 1.17. The van der Waals surface area contributed by atoms with Gasteiger partial charge >= 0.3 is 0 Å². The molecule has 1 fully saturated rings. The number of hydrogen-bond donors (Lipinski definition) is 1. The summed E-state index contributed by atoms with van der Waals surface area (Å²) in [6.45, 7) is 9.11. The molecule has 1 saturated heterocycles. The van der Waals surface area contributed by atoms with Gasteiger partial charge in [0.2, 0.25) is 0 Å². The van der Waals surface area contributed by atoms with Crippen molar-refractivity contribution in [3.63, 3.8) is 0 Å². The molecule has 0 radical (unpaired) electrons. The predicted molar refractivity (Wildman–Crippen MR) is 91.5 cm³/mol. The number of benzene rings is 1. The smallest absolute Gasteiger partial charge is 0.0417 e. The first kappa shape index (κ1) is 15.8. The van der Waals surface area contributed by atoms with E-state index in [2.05, 4.69) is 65.1 Å². The summed E-state index contributed by atoms with van der Waals surface area (Å²) in [6.07, 6.45) is 5.17. The maximum atomic E-state index is 3.63. The van der Waals surface area contributed by atoms with Gasteiger partial charge in [0.05, 0.1) is 0 Å². The summed E-state index contributed by atoms with van der Waals surface area (Å²) >= 11 is 3.63. The number of piperidine rings is 1. The van der Waals surface area contributed by atoms with Gasteiger partial charge in [-0.3, -0.25) is 0 Å². The first-order chi connectivity index (χ1) is 9.63. The molecule has 1 aliphatic heterocycles. The predicted octanol–water partition coefficient (Wildman–Crippen LogP) is 4.89. The van der Waals surface area contributed by atoms with Gasteiger partial charge < -0.3 is 10.2 Å². The summed E-state index contributed by atoms with van der Waals surface area (Å²) in [4.78, 5) is 2.59. The second-order valence-electron chi connectivity index (χ2n) is 5.92. The largest absolute Gasteiger partial charge is 0.369 e. The van der Waals surface area contributed by atoms with Crippen LogP contribution in [0.15, 0.2) is 22.7 Å². The van der Waals surface area contributed by atoms with E-state index >= 15 is 0 Å². The second kappa shape index (κ2) is 7.46. The molecule has 3 heteroatoms. The minimum atomic E-state index is 0.400. The minimum Gasteiger partial charge on any atom is -0.369 e. The second-order valence-corrected chi connectivity index (χ2v) is 6.83. The Morgan fingerprint density at radius 3 is 2.90 bits per heavy atom. The molecule has 112 valence electrons. The lowest BCUT2D eigenvalue weighted by Gasteiger charge is -2.37. The van der Waals surface area contributed by atoms with Crippen LogP contribution in [0, 0.1) is 0 Å². The van der Waals surface area contributed by atoms with Crippen LogP contribution in [0.1, 0.15) is 58.1 Å². The van der Waals surface area contributed by atoms with Crippen LogP contribution in [-0.2, 0) is 0 Å². The van der Waals surface area contributed by atoms with Crippen molar-refractivity contribution in [3.05, 3.63) is 28.2 Å². The van der Waals surface area contributed by atoms with Crippen LogP contribution in [0.4, 0.5) is 5.69 Å². The van der Waals surface area contributed by atoms with Gasteiger partial charge in [-0.05, 0) is 69.8 Å². The van der Waals surface area contributed by atoms with Gasteiger partial charge in [0, 0.05) is 28.8 Å². The van der Waals surface area contributed by atoms with E-state index in [9.17, 15) is 0 Å². The third-order valence-corrected chi connectivity index (χ3v) is 4.76. The standard InChI is InChI=1S/C17H27BrN2/c1-4-10-19-14(3)16-12-15(18)8-9-17(16)20-11-6-5-7-13(20)2/h8-9,12-14,19H,4-7,10-11H2,1-3H3. The molecule has 0 aliphatic carbocycles. The van der Waals surface area contributed by atoms with E-state index < -0.39 is 0 Å². The molecular formula is C17H27BrN2. The highest BCUT2D eigenvalue weighted by atomic mass is 79.9. The van der Waals surface area contributed by atoms with E-state index in [1.807, 2.05) is 0 Å². The van der Waals surface area contributed by atoms with E-state index in [-0.39, 0.29) is 0 Å². The monoisotopic (exact) mass is 338 g/mol. The third kappa shape index (κ3) is 3.76. The van der Waals surface area contributed by atoms with Crippen molar-refractivity contribution in [2.24, 2.45) is 0 Å². The SMILES string of the molecule is CCCNC(C)c1cc(Br)ccc1N1CCCCC1C. The van der Waals surface area contributed by atoms with Crippen LogP contribution in [0.5, 0.6) is 0 Å². The molecule has 1 aromatic carbocycles. The molecule has 0 amide bonds. The Labute approximate surface area is 132 Å². The first-order valence-corrected chi connectivity index (χ1v) is 8.72. The van der Waals surface area contributed by atoms with Crippen molar-refractivity contribution in [1.29, 1.82) is 0 Å². The average molecular weight is 339 g/mol. The van der Waals surface area contributed by atoms with Gasteiger partial charge in [-0.1, -0.05) is 22.9 Å². The fraction of sp³-hybridized carbons (Fsp3) is 0.647. The van der Waals surface area contributed by atoms with Gasteiger partial charge in [-0.2, -0.15) is 0 Å². The van der Waals surface area contributed by atoms with Crippen molar-refractivity contribution in [3.8, 4) is 0 Å². The molecule has 1 aliphatic rings. The molecule has 1 N–H and O–H groups in total. The van der Waals surface area contributed by atoms with Crippen LogP contribution in [0.25, 0.3) is 0 Å². The zero-order chi connectivity index (χ0) is 14.5. The molecule has 0 bridgehead atoms. The highest BCUT2D eigenvalue weighted by Crippen LogP contribution is 2.33. The zero-order valence-electron chi connectivity index (χ0n) is 13.0. The van der Waals surface area contributed by atoms with Crippen molar-refractivity contribution in [2.45, 2.75) is 58.5 Å². The lowest BCUT2D eigenvalue weighted by Crippen LogP contribution is -2.38. The number of anilines is 1. The third-order valence-electron chi connectivity index (χ3n) is 4.27. The highest BCUT2D eigenvalue weighted by molar-refractivity contribution is 9.10. The van der Waals surface area contributed by atoms with Gasteiger partial charge in [0.15, 0.2) is 0 Å². The van der Waals surface area contributed by atoms with Gasteiger partial charge in [0.1, 0.15) is 0 Å². The number of hydrogen-bond acceptors (Lipinski definition) is 2. The number of nitrogens with one attached hydrogen (secondary N) is 1. The lowest BCUT2D eigenvalue weighted by atomic mass is 9.99. The first-order valence-electron chi connectivity index (χ1n) is 7.93. The quantitative estimate of drug-likeness (QED) is 0.822. The van der Waals surface area contributed by atoms with Gasteiger partial charge in [-0.15, -0.1) is 0 Å². The van der Waals surface area contributed by atoms with Crippen molar-refractivity contribution < 1.29 is 0 Å². The fourth-order valence-electron chi connectivity index (χ4n) is 3.06. The molecule has 2 unspecified atom stereocenters. The number of rotatable bonds is 5. The maximum Gasteiger partial charge on any atom is 0.0417 e. The number of nitrogens with zero attached hydrogens (tertiary/aromatic N) is 1. The molecule has 0 spiro atoms. The molecule has 2 nitrogen and oxygen atoms in total. The van der Waals surface area contributed by atoms with Crippen LogP contribution >= 0.6 is 15.9 Å². The lowest BCUT2D eigenvalue weighted by molar-refractivity contribution is 0.480. The van der Waals surface area contributed by atoms with E-state index in [4.69, 9.17) is 0 Å². The van der Waals surface area contributed by atoms with Crippen LogP contribution in [0.2, 0.25) is 0 Å². The Hall–Kier alpha value is -0.540. The Morgan fingerprint density at radius 1 is 1.40 bits per heavy atom. The van der Waals surface area contributed by atoms with Crippen molar-refractivity contribution in [1.82, 2.24) is 5.32 Å². The molecule has 2 atom stereocenters. The molecular weight excluding hydrogens is 312 g/mol. The topological polar surface area (TPSA) is 15.3 Å². The Kier molecular flexibility index (Phi) is 5.91. The van der Waals surface area contributed by atoms with Crippen LogP contribution < -0.4 is 10.2 Å². The molecule has 0 saturated carbocycles. The molecule has 20 heavy (non-hydrogen) atoms. The maximum absolute atomic E-state index is 3.63. The van der Waals surface area contributed by atoms with Gasteiger partial charge in [0.25, 0.3) is 0 Å². The summed E-state index contributed by atoms with van der Waals surface area (Å²) in [5.74, 6) is 0. The average Bonchev–Trinajstić information content (AvgIpc) is 2.45. The normalized spacial score (nSPS) is 21.0. The Balaban J connectivity index is 2.27. The van der Waals surface area contributed by atoms with Crippen molar-refractivity contribution in [2.75, 3.05) is 18.0 Å². The number of halogens is 1. The molecule has 2 rings (SSSR count). The zero-order valence-corrected chi connectivity index (χ0v) is 14.5. The molecule has 1 aromatic rings. The fourth-order valence-corrected chi connectivity index (χ4v) is 3.44. The summed E-state index contributed by atoms with van der Waals surface area (Å²) in [5, 5.41) is 3.62. The summed E-state index contributed by atoms with van der Waals surface area (Å²) in [6, 6.07) is 7.79. The summed E-state index contributed by atoms with van der Waals surface area (Å²) in [7, 11) is 0. The van der Waals surface area contributed by atoms with E-state index in [1.54, 1.807) is 0 Å². The highest BCUT2D eigenvalue weighted by Gasteiger charge is 2.22. The van der Waals surface area contributed by atoms with Crippen molar-refractivity contribution >= 4 is 21.6 Å². The van der Waals surface area contributed by atoms with E-state index in [1.165, 1.54) is 48.0 Å². The van der Waals surface area contributed by atoms with Crippen LogP contribution in [-0.4, -0.2) is 19.1 Å². The Bertz CT molecular complexity index is 433.